The molecule has 2 aromatic rings. The highest BCUT2D eigenvalue weighted by Crippen LogP contribution is 2.21. The molecule has 0 unspecified atom stereocenters. The number of hydrogen-bond acceptors (Lipinski definition) is 3. The van der Waals surface area contributed by atoms with E-state index in [4.69, 9.17) is 0 Å². The van der Waals surface area contributed by atoms with Gasteiger partial charge in [0, 0.05) is 18.7 Å². The number of aryl methyl sites for hydroxylation is 1. The van der Waals surface area contributed by atoms with E-state index in [0.717, 1.165) is 31.5 Å². The molecular formula is C18H20N2O3S. The maximum atomic E-state index is 12.6. The summed E-state index contributed by atoms with van der Waals surface area (Å²) in [5.41, 5.74) is 1.78. The largest absolute Gasteiger partial charge is 0.339 e. The van der Waals surface area contributed by atoms with E-state index >= 15 is 0 Å². The molecule has 2 aromatic carbocycles. The van der Waals surface area contributed by atoms with Crippen molar-refractivity contribution in [2.45, 2.75) is 24.7 Å². The molecule has 1 saturated heterocycles. The summed E-state index contributed by atoms with van der Waals surface area (Å²) in [6, 6.07) is 13.4. The second-order valence-electron chi connectivity index (χ2n) is 5.95. The van der Waals surface area contributed by atoms with Crippen LogP contribution < -0.4 is 4.72 Å². The van der Waals surface area contributed by atoms with Crippen LogP contribution in [0.4, 0.5) is 5.69 Å². The number of rotatable bonds is 4. The first-order valence-corrected chi connectivity index (χ1v) is 9.43. The fourth-order valence-electron chi connectivity index (χ4n) is 2.79. The molecule has 126 valence electrons. The number of nitrogens with one attached hydrogen (secondary N) is 1. The third-order valence-corrected chi connectivity index (χ3v) is 5.54. The molecule has 1 heterocycles. The van der Waals surface area contributed by atoms with E-state index in [-0.39, 0.29) is 10.8 Å². The van der Waals surface area contributed by atoms with Gasteiger partial charge in [0.15, 0.2) is 0 Å². The first-order chi connectivity index (χ1) is 11.5. The summed E-state index contributed by atoms with van der Waals surface area (Å²) in [6.45, 7) is 3.31. The van der Waals surface area contributed by atoms with Crippen LogP contribution in [0, 0.1) is 6.92 Å². The van der Waals surface area contributed by atoms with Crippen molar-refractivity contribution in [1.82, 2.24) is 4.90 Å². The standard InChI is InChI=1S/C18H20N2O3S/c1-14-7-2-3-10-17(14)19-24(22,23)16-9-6-8-15(13-16)18(21)20-11-4-5-12-20/h2-3,6-10,13,19H,4-5,11-12H2,1H3. The minimum absolute atomic E-state index is 0.0933. The maximum Gasteiger partial charge on any atom is 0.261 e. The van der Waals surface area contributed by atoms with Gasteiger partial charge >= 0.3 is 0 Å². The molecule has 0 radical (unpaired) electrons. The van der Waals surface area contributed by atoms with Crippen molar-refractivity contribution in [2.24, 2.45) is 0 Å². The fraction of sp³-hybridized carbons (Fsp3) is 0.278. The number of benzene rings is 2. The summed E-state index contributed by atoms with van der Waals surface area (Å²) in [5, 5.41) is 0. The van der Waals surface area contributed by atoms with Crippen LogP contribution in [0.1, 0.15) is 28.8 Å². The first kappa shape index (κ1) is 16.5. The molecule has 1 fully saturated rings. The maximum absolute atomic E-state index is 12.6. The second kappa shape index (κ2) is 6.65. The lowest BCUT2D eigenvalue weighted by molar-refractivity contribution is 0.0792. The Morgan fingerprint density at radius 1 is 1.04 bits per heavy atom. The molecule has 24 heavy (non-hydrogen) atoms. The van der Waals surface area contributed by atoms with Crippen molar-refractivity contribution in [3.8, 4) is 0 Å². The molecule has 0 aliphatic carbocycles. The predicted octanol–water partition coefficient (Wildman–Crippen LogP) is 3.03. The Morgan fingerprint density at radius 2 is 1.75 bits per heavy atom. The Balaban J connectivity index is 1.87. The van der Waals surface area contributed by atoms with E-state index in [2.05, 4.69) is 4.72 Å². The number of para-hydroxylation sites is 1. The van der Waals surface area contributed by atoms with Gasteiger partial charge in [-0.3, -0.25) is 9.52 Å². The Hall–Kier alpha value is -2.34. The zero-order valence-electron chi connectivity index (χ0n) is 13.5. The van der Waals surface area contributed by atoms with Gasteiger partial charge in [-0.05, 0) is 49.6 Å². The van der Waals surface area contributed by atoms with Crippen LogP contribution in [0.15, 0.2) is 53.4 Å². The summed E-state index contributed by atoms with van der Waals surface area (Å²) < 4.78 is 27.8. The monoisotopic (exact) mass is 344 g/mol. The summed E-state index contributed by atoms with van der Waals surface area (Å²) >= 11 is 0. The van der Waals surface area contributed by atoms with Crippen LogP contribution in [0.25, 0.3) is 0 Å². The number of hydrogen-bond donors (Lipinski definition) is 1. The summed E-state index contributed by atoms with van der Waals surface area (Å²) in [4.78, 5) is 14.3. The number of amides is 1. The summed E-state index contributed by atoms with van der Waals surface area (Å²) in [6.07, 6.45) is 2.00. The summed E-state index contributed by atoms with van der Waals surface area (Å²) in [7, 11) is -3.74. The topological polar surface area (TPSA) is 66.5 Å². The fourth-order valence-corrected chi connectivity index (χ4v) is 3.97. The molecule has 1 amide bonds. The van der Waals surface area contributed by atoms with E-state index < -0.39 is 10.0 Å². The first-order valence-electron chi connectivity index (χ1n) is 7.95. The Morgan fingerprint density at radius 3 is 2.46 bits per heavy atom. The number of nitrogens with zero attached hydrogens (tertiary/aromatic N) is 1. The van der Waals surface area contributed by atoms with Crippen molar-refractivity contribution < 1.29 is 13.2 Å². The minimum atomic E-state index is -3.74. The zero-order valence-corrected chi connectivity index (χ0v) is 14.3. The lowest BCUT2D eigenvalue weighted by Crippen LogP contribution is -2.27. The lowest BCUT2D eigenvalue weighted by Gasteiger charge is -2.16. The van der Waals surface area contributed by atoms with Gasteiger partial charge in [0.2, 0.25) is 0 Å². The van der Waals surface area contributed by atoms with Gasteiger partial charge < -0.3 is 4.90 Å². The molecule has 0 atom stereocenters. The van der Waals surface area contributed by atoms with E-state index in [1.54, 1.807) is 29.2 Å². The lowest BCUT2D eigenvalue weighted by atomic mass is 10.2. The van der Waals surface area contributed by atoms with E-state index in [0.29, 0.717) is 11.3 Å². The van der Waals surface area contributed by atoms with Crippen LogP contribution in [0.3, 0.4) is 0 Å². The van der Waals surface area contributed by atoms with Gasteiger partial charge in [0.1, 0.15) is 0 Å². The number of likely N-dealkylation sites (tertiary alicyclic amines) is 1. The molecule has 0 bridgehead atoms. The van der Waals surface area contributed by atoms with Crippen LogP contribution in [-0.2, 0) is 10.0 Å². The van der Waals surface area contributed by atoms with Crippen LogP contribution in [0.2, 0.25) is 0 Å². The third kappa shape index (κ3) is 3.43. The average molecular weight is 344 g/mol. The van der Waals surface area contributed by atoms with Crippen molar-refractivity contribution in [1.29, 1.82) is 0 Å². The second-order valence-corrected chi connectivity index (χ2v) is 7.63. The van der Waals surface area contributed by atoms with Gasteiger partial charge in [-0.25, -0.2) is 8.42 Å². The van der Waals surface area contributed by atoms with Crippen molar-refractivity contribution in [3.05, 3.63) is 59.7 Å². The number of sulfonamides is 1. The molecule has 5 nitrogen and oxygen atoms in total. The SMILES string of the molecule is Cc1ccccc1NS(=O)(=O)c1cccc(C(=O)N2CCCC2)c1. The summed E-state index contributed by atoms with van der Waals surface area (Å²) in [5.74, 6) is -0.111. The Kier molecular flexibility index (Phi) is 4.57. The Labute approximate surface area is 142 Å². The minimum Gasteiger partial charge on any atom is -0.339 e. The third-order valence-electron chi connectivity index (χ3n) is 4.17. The van der Waals surface area contributed by atoms with Gasteiger partial charge in [0.05, 0.1) is 10.6 Å². The molecule has 1 aliphatic heterocycles. The highest BCUT2D eigenvalue weighted by atomic mass is 32.2. The number of anilines is 1. The zero-order chi connectivity index (χ0) is 17.2. The van der Waals surface area contributed by atoms with Crippen LogP contribution in [-0.4, -0.2) is 32.3 Å². The molecule has 6 heteroatoms. The van der Waals surface area contributed by atoms with Crippen molar-refractivity contribution in [2.75, 3.05) is 17.8 Å². The predicted molar refractivity (Wildman–Crippen MR) is 93.6 cm³/mol. The van der Waals surface area contributed by atoms with Crippen LogP contribution in [0.5, 0.6) is 0 Å². The quantitative estimate of drug-likeness (QED) is 0.927. The molecule has 0 saturated carbocycles. The van der Waals surface area contributed by atoms with Gasteiger partial charge in [-0.1, -0.05) is 24.3 Å². The highest BCUT2D eigenvalue weighted by Gasteiger charge is 2.22. The molecule has 1 N–H and O–H groups in total. The normalized spacial score (nSPS) is 14.6. The van der Waals surface area contributed by atoms with Crippen LogP contribution >= 0.6 is 0 Å². The molecule has 3 rings (SSSR count). The van der Waals surface area contributed by atoms with E-state index in [1.807, 2.05) is 19.1 Å². The van der Waals surface area contributed by atoms with Crippen molar-refractivity contribution >= 4 is 21.6 Å². The van der Waals surface area contributed by atoms with Crippen molar-refractivity contribution in [3.63, 3.8) is 0 Å². The molecule has 0 aromatic heterocycles. The molecule has 1 aliphatic rings. The average Bonchev–Trinajstić information content (AvgIpc) is 3.11. The van der Waals surface area contributed by atoms with E-state index in [9.17, 15) is 13.2 Å². The molecular weight excluding hydrogens is 324 g/mol. The Bertz CT molecular complexity index is 856. The van der Waals surface area contributed by atoms with Gasteiger partial charge in [-0.15, -0.1) is 0 Å². The van der Waals surface area contributed by atoms with Gasteiger partial charge in [0.25, 0.3) is 15.9 Å². The highest BCUT2D eigenvalue weighted by molar-refractivity contribution is 7.92. The number of carbonyl (C=O) groups excluding carboxylic acids is 1. The number of carbonyl (C=O) groups is 1. The molecule has 0 spiro atoms. The smallest absolute Gasteiger partial charge is 0.261 e. The van der Waals surface area contributed by atoms with Gasteiger partial charge in [-0.2, -0.15) is 0 Å². The van der Waals surface area contributed by atoms with E-state index in [1.165, 1.54) is 12.1 Å².